The SMILES string of the molecule is CCC(CC)NCC(C)S(=O)(=O)C1CCCC1. The Bertz CT molecular complexity index is 303. The van der Waals surface area contributed by atoms with Crippen LogP contribution in [0.25, 0.3) is 0 Å². The van der Waals surface area contributed by atoms with E-state index in [1.165, 1.54) is 0 Å². The summed E-state index contributed by atoms with van der Waals surface area (Å²) in [6.07, 6.45) is 6.03. The summed E-state index contributed by atoms with van der Waals surface area (Å²) in [5.74, 6) is 0. The maximum atomic E-state index is 12.3. The predicted molar refractivity (Wildman–Crippen MR) is 73.0 cm³/mol. The lowest BCUT2D eigenvalue weighted by molar-refractivity contribution is 0.478. The largest absolute Gasteiger partial charge is 0.313 e. The molecule has 0 bridgehead atoms. The van der Waals surface area contributed by atoms with Gasteiger partial charge in [0.2, 0.25) is 0 Å². The van der Waals surface area contributed by atoms with Gasteiger partial charge in [-0.1, -0.05) is 26.7 Å². The lowest BCUT2D eigenvalue weighted by atomic mass is 10.2. The van der Waals surface area contributed by atoms with E-state index in [4.69, 9.17) is 0 Å². The summed E-state index contributed by atoms with van der Waals surface area (Å²) >= 11 is 0. The van der Waals surface area contributed by atoms with E-state index in [0.717, 1.165) is 38.5 Å². The maximum absolute atomic E-state index is 12.3. The van der Waals surface area contributed by atoms with Crippen LogP contribution in [0.5, 0.6) is 0 Å². The Morgan fingerprint density at radius 1 is 1.18 bits per heavy atom. The molecule has 1 fully saturated rings. The minimum atomic E-state index is -2.91. The van der Waals surface area contributed by atoms with E-state index < -0.39 is 9.84 Å². The second kappa shape index (κ2) is 6.74. The van der Waals surface area contributed by atoms with Crippen molar-refractivity contribution in [1.29, 1.82) is 0 Å². The predicted octanol–water partition coefficient (Wildman–Crippen LogP) is 2.51. The van der Waals surface area contributed by atoms with Crippen molar-refractivity contribution in [2.24, 2.45) is 0 Å². The van der Waals surface area contributed by atoms with E-state index in [9.17, 15) is 8.42 Å². The van der Waals surface area contributed by atoms with E-state index in [1.807, 2.05) is 6.92 Å². The highest BCUT2D eigenvalue weighted by atomic mass is 32.2. The van der Waals surface area contributed by atoms with Crippen LogP contribution in [0.3, 0.4) is 0 Å². The fraction of sp³-hybridized carbons (Fsp3) is 1.00. The first-order valence-corrected chi connectivity index (χ1v) is 8.59. The van der Waals surface area contributed by atoms with Crippen molar-refractivity contribution in [3.05, 3.63) is 0 Å². The monoisotopic (exact) mass is 261 g/mol. The highest BCUT2D eigenvalue weighted by molar-refractivity contribution is 7.92. The fourth-order valence-electron chi connectivity index (χ4n) is 2.57. The minimum Gasteiger partial charge on any atom is -0.313 e. The van der Waals surface area contributed by atoms with Crippen molar-refractivity contribution in [1.82, 2.24) is 5.32 Å². The zero-order chi connectivity index (χ0) is 12.9. The van der Waals surface area contributed by atoms with Gasteiger partial charge in [-0.05, 0) is 32.6 Å². The highest BCUT2D eigenvalue weighted by Gasteiger charge is 2.33. The van der Waals surface area contributed by atoms with Gasteiger partial charge in [0.25, 0.3) is 0 Å². The third-order valence-corrected chi connectivity index (χ3v) is 6.70. The summed E-state index contributed by atoms with van der Waals surface area (Å²) in [6, 6.07) is 0.455. The molecule has 3 nitrogen and oxygen atoms in total. The van der Waals surface area contributed by atoms with Gasteiger partial charge in [0, 0.05) is 12.6 Å². The molecule has 0 aromatic carbocycles. The van der Waals surface area contributed by atoms with Gasteiger partial charge in [-0.3, -0.25) is 0 Å². The molecule has 1 rings (SSSR count). The highest BCUT2D eigenvalue weighted by Crippen LogP contribution is 2.27. The van der Waals surface area contributed by atoms with Crippen molar-refractivity contribution >= 4 is 9.84 Å². The molecule has 1 aliphatic rings. The quantitative estimate of drug-likeness (QED) is 0.766. The Labute approximate surface area is 106 Å². The van der Waals surface area contributed by atoms with Crippen LogP contribution in [0, 0.1) is 0 Å². The Morgan fingerprint density at radius 2 is 1.71 bits per heavy atom. The van der Waals surface area contributed by atoms with Crippen LogP contribution in [0.2, 0.25) is 0 Å². The molecule has 1 saturated carbocycles. The molecule has 4 heteroatoms. The number of hydrogen-bond donors (Lipinski definition) is 1. The molecule has 102 valence electrons. The number of hydrogen-bond acceptors (Lipinski definition) is 3. The maximum Gasteiger partial charge on any atom is 0.156 e. The molecule has 0 saturated heterocycles. The first-order valence-electron chi connectivity index (χ1n) is 6.98. The second-order valence-electron chi connectivity index (χ2n) is 5.23. The molecule has 0 aliphatic heterocycles. The molecule has 0 spiro atoms. The molecular weight excluding hydrogens is 234 g/mol. The Hall–Kier alpha value is -0.0900. The molecule has 1 unspecified atom stereocenters. The summed E-state index contributed by atoms with van der Waals surface area (Å²) in [4.78, 5) is 0. The third-order valence-electron chi connectivity index (χ3n) is 4.01. The van der Waals surface area contributed by atoms with Crippen molar-refractivity contribution in [2.45, 2.75) is 75.8 Å². The molecule has 17 heavy (non-hydrogen) atoms. The van der Waals surface area contributed by atoms with Gasteiger partial charge >= 0.3 is 0 Å². The summed E-state index contributed by atoms with van der Waals surface area (Å²) in [7, 11) is -2.91. The van der Waals surface area contributed by atoms with Gasteiger partial charge in [0.05, 0.1) is 10.5 Å². The van der Waals surface area contributed by atoms with Gasteiger partial charge in [0.1, 0.15) is 0 Å². The van der Waals surface area contributed by atoms with Gasteiger partial charge in [-0.25, -0.2) is 8.42 Å². The Kier molecular flexibility index (Phi) is 5.93. The van der Waals surface area contributed by atoms with Crippen LogP contribution in [-0.4, -0.2) is 31.5 Å². The van der Waals surface area contributed by atoms with Crippen LogP contribution in [-0.2, 0) is 9.84 Å². The summed E-state index contributed by atoms with van der Waals surface area (Å²) < 4.78 is 24.6. The molecule has 0 aromatic rings. The van der Waals surface area contributed by atoms with Gasteiger partial charge in [-0.2, -0.15) is 0 Å². The van der Waals surface area contributed by atoms with E-state index in [2.05, 4.69) is 19.2 Å². The van der Waals surface area contributed by atoms with Crippen LogP contribution in [0.1, 0.15) is 59.3 Å². The first-order chi connectivity index (χ1) is 8.02. The standard InChI is InChI=1S/C13H27NO2S/c1-4-12(5-2)14-10-11(3)17(15,16)13-8-6-7-9-13/h11-14H,4-10H2,1-3H3. The number of rotatable bonds is 7. The van der Waals surface area contributed by atoms with Gasteiger partial charge < -0.3 is 5.32 Å². The van der Waals surface area contributed by atoms with Crippen molar-refractivity contribution in [2.75, 3.05) is 6.54 Å². The van der Waals surface area contributed by atoms with Crippen LogP contribution < -0.4 is 5.32 Å². The molecule has 0 heterocycles. The summed E-state index contributed by atoms with van der Waals surface area (Å²) in [5, 5.41) is 3.06. The van der Waals surface area contributed by atoms with E-state index in [0.29, 0.717) is 12.6 Å². The topological polar surface area (TPSA) is 46.2 Å². The molecule has 1 atom stereocenters. The first kappa shape index (κ1) is 15.0. The summed E-state index contributed by atoms with van der Waals surface area (Å²) in [5.41, 5.74) is 0. The molecule has 1 aliphatic carbocycles. The molecular formula is C13H27NO2S. The Morgan fingerprint density at radius 3 is 2.18 bits per heavy atom. The average Bonchev–Trinajstić information content (AvgIpc) is 2.84. The van der Waals surface area contributed by atoms with Crippen LogP contribution in [0.15, 0.2) is 0 Å². The lowest BCUT2D eigenvalue weighted by Crippen LogP contribution is -2.40. The smallest absolute Gasteiger partial charge is 0.156 e. The Balaban J connectivity index is 2.48. The third kappa shape index (κ3) is 3.95. The van der Waals surface area contributed by atoms with E-state index >= 15 is 0 Å². The zero-order valence-corrected chi connectivity index (χ0v) is 12.2. The zero-order valence-electron chi connectivity index (χ0n) is 11.4. The number of nitrogens with one attached hydrogen (secondary N) is 1. The van der Waals surface area contributed by atoms with E-state index in [-0.39, 0.29) is 10.5 Å². The van der Waals surface area contributed by atoms with Crippen molar-refractivity contribution in [3.63, 3.8) is 0 Å². The molecule has 1 N–H and O–H groups in total. The van der Waals surface area contributed by atoms with Crippen LogP contribution >= 0.6 is 0 Å². The van der Waals surface area contributed by atoms with Gasteiger partial charge in [-0.15, -0.1) is 0 Å². The molecule has 0 aromatic heterocycles. The average molecular weight is 261 g/mol. The molecule has 0 amide bonds. The minimum absolute atomic E-state index is 0.0685. The van der Waals surface area contributed by atoms with Crippen molar-refractivity contribution < 1.29 is 8.42 Å². The lowest BCUT2D eigenvalue weighted by Gasteiger charge is -2.21. The van der Waals surface area contributed by atoms with Gasteiger partial charge in [0.15, 0.2) is 9.84 Å². The molecule has 0 radical (unpaired) electrons. The summed E-state index contributed by atoms with van der Waals surface area (Å²) in [6.45, 7) is 6.73. The van der Waals surface area contributed by atoms with Crippen LogP contribution in [0.4, 0.5) is 0 Å². The normalized spacial score (nSPS) is 20.0. The fourth-order valence-corrected chi connectivity index (χ4v) is 4.55. The van der Waals surface area contributed by atoms with E-state index in [1.54, 1.807) is 0 Å². The second-order valence-corrected chi connectivity index (χ2v) is 7.88. The number of sulfone groups is 1. The van der Waals surface area contributed by atoms with Crippen molar-refractivity contribution in [3.8, 4) is 0 Å².